The fraction of sp³-hybridized carbons (Fsp3) is 0.476. The van der Waals surface area contributed by atoms with E-state index in [9.17, 15) is 9.59 Å². The Balaban J connectivity index is 1.78. The zero-order chi connectivity index (χ0) is 21.1. The van der Waals surface area contributed by atoms with Gasteiger partial charge in [0, 0.05) is 53.3 Å². The lowest BCUT2D eigenvalue weighted by atomic mass is 10.0. The molecule has 1 aromatic heterocycles. The maximum absolute atomic E-state index is 12.4. The highest BCUT2D eigenvalue weighted by atomic mass is 35.5. The summed E-state index contributed by atoms with van der Waals surface area (Å²) in [7, 11) is 0. The van der Waals surface area contributed by atoms with Crippen molar-refractivity contribution in [2.75, 3.05) is 0 Å². The number of amides is 2. The highest BCUT2D eigenvalue weighted by Crippen LogP contribution is 2.30. The Bertz CT molecular complexity index is 893. The monoisotopic (exact) mass is 417 g/mol. The molecule has 1 aliphatic rings. The predicted octanol–water partition coefficient (Wildman–Crippen LogP) is 3.24. The fourth-order valence-corrected chi connectivity index (χ4v) is 3.45. The highest BCUT2D eigenvalue weighted by molar-refractivity contribution is 6.31. The molecule has 2 atom stereocenters. The Kier molecular flexibility index (Phi) is 6.59. The number of benzene rings is 1. The molecule has 0 aliphatic carbocycles. The van der Waals surface area contributed by atoms with Gasteiger partial charge in [0.1, 0.15) is 6.17 Å². The van der Waals surface area contributed by atoms with Crippen LogP contribution in [0.1, 0.15) is 69.1 Å². The molecule has 0 spiro atoms. The molecule has 3 N–H and O–H groups in total. The Morgan fingerprint density at radius 3 is 2.76 bits per heavy atom. The van der Waals surface area contributed by atoms with Gasteiger partial charge in [-0.15, -0.1) is 0 Å². The lowest BCUT2D eigenvalue weighted by Gasteiger charge is -2.32. The van der Waals surface area contributed by atoms with Crippen molar-refractivity contribution < 1.29 is 9.59 Å². The first-order chi connectivity index (χ1) is 13.7. The zero-order valence-corrected chi connectivity index (χ0v) is 18.0. The van der Waals surface area contributed by atoms with Crippen LogP contribution in [0.2, 0.25) is 5.02 Å². The van der Waals surface area contributed by atoms with Gasteiger partial charge in [0.25, 0.3) is 0 Å². The van der Waals surface area contributed by atoms with Gasteiger partial charge in [-0.1, -0.05) is 31.5 Å². The second-order valence-electron chi connectivity index (χ2n) is 8.00. The number of aromatic nitrogens is 2. The maximum Gasteiger partial charge on any atom is 0.223 e. The average Bonchev–Trinajstić information content (AvgIpc) is 3.17. The summed E-state index contributed by atoms with van der Waals surface area (Å²) >= 11 is 6.43. The number of halogens is 1. The van der Waals surface area contributed by atoms with E-state index >= 15 is 0 Å². The molecular weight excluding hydrogens is 390 g/mol. The third-order valence-electron chi connectivity index (χ3n) is 4.98. The van der Waals surface area contributed by atoms with E-state index in [1.807, 2.05) is 36.9 Å². The van der Waals surface area contributed by atoms with Gasteiger partial charge >= 0.3 is 0 Å². The molecule has 2 aromatic rings. The van der Waals surface area contributed by atoms with Gasteiger partial charge in [-0.05, 0) is 31.5 Å². The number of carbonyl (C=O) groups excluding carboxylic acids is 2. The second kappa shape index (κ2) is 8.97. The van der Waals surface area contributed by atoms with Crippen LogP contribution in [0.5, 0.6) is 0 Å². The van der Waals surface area contributed by atoms with E-state index in [0.29, 0.717) is 18.0 Å². The topological polar surface area (TPSA) is 88.1 Å². The van der Waals surface area contributed by atoms with Crippen LogP contribution in [0.4, 0.5) is 0 Å². The second-order valence-corrected chi connectivity index (χ2v) is 8.41. The molecule has 0 saturated carbocycles. The molecule has 1 aliphatic heterocycles. The molecule has 1 saturated heterocycles. The maximum atomic E-state index is 12.4. The Labute approximate surface area is 176 Å². The van der Waals surface area contributed by atoms with Gasteiger partial charge in [-0.2, -0.15) is 5.10 Å². The summed E-state index contributed by atoms with van der Waals surface area (Å²) in [4.78, 5) is 24.2. The summed E-state index contributed by atoms with van der Waals surface area (Å²) in [6.07, 6.45) is 3.68. The third-order valence-corrected chi connectivity index (χ3v) is 5.32. The Hall–Kier alpha value is -2.38. The van der Waals surface area contributed by atoms with Crippen LogP contribution in [-0.4, -0.2) is 21.6 Å². The Morgan fingerprint density at radius 1 is 1.34 bits per heavy atom. The summed E-state index contributed by atoms with van der Waals surface area (Å²) in [5.74, 6) is -0.132. The zero-order valence-electron chi connectivity index (χ0n) is 17.2. The predicted molar refractivity (Wildman–Crippen MR) is 112 cm³/mol. The first-order valence-electron chi connectivity index (χ1n) is 9.90. The molecule has 8 heteroatoms. The van der Waals surface area contributed by atoms with E-state index in [0.717, 1.165) is 16.7 Å². The van der Waals surface area contributed by atoms with Crippen molar-refractivity contribution in [3.05, 3.63) is 52.3 Å². The minimum absolute atomic E-state index is 0.00665. The van der Waals surface area contributed by atoms with Gasteiger partial charge < -0.3 is 10.6 Å². The van der Waals surface area contributed by atoms with Crippen molar-refractivity contribution in [3.8, 4) is 0 Å². The lowest BCUT2D eigenvalue weighted by Crippen LogP contribution is -2.46. The minimum atomic E-state index is -0.420. The first kappa shape index (κ1) is 21.3. The molecule has 2 amide bonds. The first-order valence-corrected chi connectivity index (χ1v) is 10.3. The fourth-order valence-electron chi connectivity index (χ4n) is 3.22. The van der Waals surface area contributed by atoms with E-state index in [1.165, 1.54) is 0 Å². The van der Waals surface area contributed by atoms with Crippen LogP contribution in [0, 0.1) is 5.92 Å². The molecule has 156 valence electrons. The molecule has 2 unspecified atom stereocenters. The van der Waals surface area contributed by atoms with Gasteiger partial charge in [-0.25, -0.2) is 0 Å². The molecule has 7 nitrogen and oxygen atoms in total. The normalized spacial score (nSPS) is 19.5. The van der Waals surface area contributed by atoms with Crippen LogP contribution in [-0.2, 0) is 16.1 Å². The van der Waals surface area contributed by atoms with Crippen molar-refractivity contribution in [2.24, 2.45) is 5.92 Å². The number of carbonyl (C=O) groups is 2. The van der Waals surface area contributed by atoms with Crippen LogP contribution >= 0.6 is 11.6 Å². The summed E-state index contributed by atoms with van der Waals surface area (Å²) in [6, 6.07) is 5.69. The summed E-state index contributed by atoms with van der Waals surface area (Å²) in [5.41, 5.74) is 2.66. The van der Waals surface area contributed by atoms with Gasteiger partial charge in [0.15, 0.2) is 0 Å². The van der Waals surface area contributed by atoms with Crippen LogP contribution in [0.3, 0.4) is 0 Å². The van der Waals surface area contributed by atoms with E-state index < -0.39 is 6.17 Å². The van der Waals surface area contributed by atoms with Crippen molar-refractivity contribution >= 4 is 23.4 Å². The van der Waals surface area contributed by atoms with E-state index in [-0.39, 0.29) is 29.8 Å². The van der Waals surface area contributed by atoms with E-state index in [1.54, 1.807) is 12.3 Å². The summed E-state index contributed by atoms with van der Waals surface area (Å²) < 4.78 is 1.88. The van der Waals surface area contributed by atoms with Gasteiger partial charge in [0.05, 0.1) is 6.20 Å². The Morgan fingerprint density at radius 2 is 2.10 bits per heavy atom. The SMILES string of the molecule is CC(C)C(=O)NCc1ccc(Cl)c(C2NC(=O)CC(c3cnn(C(C)C)c3)N2)c1. The number of nitrogens with zero attached hydrogens (tertiary/aromatic N) is 2. The number of nitrogens with one attached hydrogen (secondary N) is 3. The lowest BCUT2D eigenvalue weighted by molar-refractivity contribution is -0.125. The summed E-state index contributed by atoms with van der Waals surface area (Å²) in [6.45, 7) is 8.23. The van der Waals surface area contributed by atoms with Crippen LogP contribution in [0.25, 0.3) is 0 Å². The largest absolute Gasteiger partial charge is 0.352 e. The standard InChI is InChI=1S/C21H28ClN5O2/c1-12(2)21(29)23-9-14-5-6-17(22)16(7-14)20-25-18(8-19(28)26-20)15-10-24-27(11-15)13(3)4/h5-7,10-13,18,20,25H,8-9H2,1-4H3,(H,23,29)(H,26,28). The van der Waals surface area contributed by atoms with Crippen molar-refractivity contribution in [2.45, 2.75) is 58.9 Å². The summed E-state index contributed by atoms with van der Waals surface area (Å²) in [5, 5.41) is 14.3. The van der Waals surface area contributed by atoms with E-state index in [4.69, 9.17) is 11.6 Å². The molecule has 29 heavy (non-hydrogen) atoms. The molecule has 2 heterocycles. The third kappa shape index (κ3) is 5.16. The van der Waals surface area contributed by atoms with Crippen molar-refractivity contribution in [3.63, 3.8) is 0 Å². The molecule has 0 radical (unpaired) electrons. The molecule has 1 aromatic carbocycles. The van der Waals surface area contributed by atoms with Crippen LogP contribution < -0.4 is 16.0 Å². The minimum Gasteiger partial charge on any atom is -0.352 e. The molecule has 0 bridgehead atoms. The molecule has 3 rings (SSSR count). The van der Waals surface area contributed by atoms with Crippen molar-refractivity contribution in [1.82, 2.24) is 25.7 Å². The number of hydrogen-bond acceptors (Lipinski definition) is 4. The molecular formula is C21H28ClN5O2. The number of rotatable bonds is 6. The molecule has 1 fully saturated rings. The number of hydrogen-bond donors (Lipinski definition) is 3. The highest BCUT2D eigenvalue weighted by Gasteiger charge is 2.30. The van der Waals surface area contributed by atoms with Gasteiger partial charge in [0.2, 0.25) is 11.8 Å². The smallest absolute Gasteiger partial charge is 0.223 e. The average molecular weight is 418 g/mol. The van der Waals surface area contributed by atoms with Gasteiger partial charge in [-0.3, -0.25) is 19.6 Å². The van der Waals surface area contributed by atoms with Crippen LogP contribution in [0.15, 0.2) is 30.6 Å². The van der Waals surface area contributed by atoms with Crippen molar-refractivity contribution in [1.29, 1.82) is 0 Å². The quantitative estimate of drug-likeness (QED) is 0.673. The van der Waals surface area contributed by atoms with E-state index in [2.05, 4.69) is 34.9 Å².